The van der Waals surface area contributed by atoms with Gasteiger partial charge in [-0.2, -0.15) is 0 Å². The molecule has 1 rings (SSSR count). The van der Waals surface area contributed by atoms with E-state index in [1.165, 1.54) is 9.45 Å². The van der Waals surface area contributed by atoms with Crippen molar-refractivity contribution in [3.63, 3.8) is 0 Å². The average Bonchev–Trinajstić information content (AvgIpc) is 2.58. The van der Waals surface area contributed by atoms with Gasteiger partial charge in [-0.3, -0.25) is 0 Å². The summed E-state index contributed by atoms with van der Waals surface area (Å²) in [7, 11) is -0.691. The van der Waals surface area contributed by atoms with Crippen LogP contribution in [-0.2, 0) is 25.2 Å². The van der Waals surface area contributed by atoms with Gasteiger partial charge in [0.1, 0.15) is 0 Å². The maximum atomic E-state index is 5.96. The van der Waals surface area contributed by atoms with E-state index in [4.69, 9.17) is 4.74 Å². The third-order valence-corrected chi connectivity index (χ3v) is 5.46. The van der Waals surface area contributed by atoms with Crippen LogP contribution in [0.3, 0.4) is 0 Å². The van der Waals surface area contributed by atoms with Gasteiger partial charge in [-0.25, -0.2) is 0 Å². The first-order chi connectivity index (χ1) is 7.15. The largest absolute Gasteiger partial charge is 1.00 e. The molecule has 5 heteroatoms. The first-order valence-electron chi connectivity index (χ1n) is 5.87. The molecule has 0 amide bonds. The Morgan fingerprint density at radius 3 is 2.47 bits per heavy atom. The number of hydrogen-bond donors (Lipinski definition) is 0. The zero-order chi connectivity index (χ0) is 11.3. The minimum Gasteiger partial charge on any atom is -1.00 e. The minimum absolute atomic E-state index is 0. The fraction of sp³-hybridized carbons (Fsp3) is 0.667. The molecule has 1 unspecified atom stereocenters. The molecule has 0 spiro atoms. The molecular formula is C12H21Cl2OSiTi. The molecule has 0 aromatic heterocycles. The van der Waals surface area contributed by atoms with Gasteiger partial charge in [0.05, 0.1) is 0 Å². The SMILES string of the molecule is CCCOC(CC1=[C]([Ti+2])CC=C1)[SiH](C)C.[Cl-].[Cl-]. The summed E-state index contributed by atoms with van der Waals surface area (Å²) in [5.74, 6) is 0. The first-order valence-corrected chi connectivity index (χ1v) is 9.62. The predicted molar refractivity (Wildman–Crippen MR) is 64.3 cm³/mol. The predicted octanol–water partition coefficient (Wildman–Crippen LogP) is -3.03. The average molecular weight is 328 g/mol. The Labute approximate surface area is 131 Å². The Balaban J connectivity index is 0. The molecule has 0 aromatic carbocycles. The van der Waals surface area contributed by atoms with Gasteiger partial charge in [-0.05, 0) is 0 Å². The van der Waals surface area contributed by atoms with Crippen LogP contribution in [0.1, 0.15) is 26.2 Å². The normalized spacial score (nSPS) is 15.9. The molecule has 0 aliphatic heterocycles. The topological polar surface area (TPSA) is 9.23 Å². The molecule has 1 nitrogen and oxygen atoms in total. The van der Waals surface area contributed by atoms with E-state index >= 15 is 0 Å². The van der Waals surface area contributed by atoms with Crippen LogP contribution >= 0.6 is 0 Å². The van der Waals surface area contributed by atoms with Gasteiger partial charge in [0, 0.05) is 0 Å². The van der Waals surface area contributed by atoms with Crippen molar-refractivity contribution in [3.05, 3.63) is 21.6 Å². The Bertz CT molecular complexity index is 267. The second kappa shape index (κ2) is 10.8. The van der Waals surface area contributed by atoms with E-state index in [9.17, 15) is 0 Å². The molecule has 0 fully saturated rings. The zero-order valence-electron chi connectivity index (χ0n) is 10.8. The van der Waals surface area contributed by atoms with Crippen LogP contribution in [0.2, 0.25) is 13.1 Å². The van der Waals surface area contributed by atoms with E-state index in [-0.39, 0.29) is 24.8 Å². The van der Waals surface area contributed by atoms with Crippen molar-refractivity contribution in [1.82, 2.24) is 0 Å². The van der Waals surface area contributed by atoms with Gasteiger partial charge in [-0.1, -0.05) is 0 Å². The van der Waals surface area contributed by atoms with E-state index < -0.39 is 8.80 Å². The second-order valence-corrected chi connectivity index (χ2v) is 8.64. The summed E-state index contributed by atoms with van der Waals surface area (Å²) in [6.45, 7) is 7.87. The number of allylic oxidation sites excluding steroid dienone is 3. The summed E-state index contributed by atoms with van der Waals surface area (Å²) in [6.07, 6.45) is 7.98. The summed E-state index contributed by atoms with van der Waals surface area (Å²) in [5.41, 5.74) is 2.05. The maximum Gasteiger partial charge on any atom is -1.00 e. The van der Waals surface area contributed by atoms with Gasteiger partial charge in [0.2, 0.25) is 0 Å². The van der Waals surface area contributed by atoms with Crippen molar-refractivity contribution >= 4 is 8.80 Å². The molecule has 0 N–H and O–H groups in total. The first kappa shape index (κ1) is 20.3. The van der Waals surface area contributed by atoms with Crippen LogP contribution in [0, 0.1) is 0 Å². The smallest absolute Gasteiger partial charge is 1.00 e. The molecular weight excluding hydrogens is 307 g/mol. The molecule has 1 aliphatic rings. The summed E-state index contributed by atoms with van der Waals surface area (Å²) in [4.78, 5) is 0. The molecule has 0 bridgehead atoms. The molecule has 0 aromatic rings. The molecule has 0 heterocycles. The number of hydrogen-bond acceptors (Lipinski definition) is 1. The quantitative estimate of drug-likeness (QED) is 0.472. The fourth-order valence-corrected chi connectivity index (χ4v) is 3.43. The van der Waals surface area contributed by atoms with Gasteiger partial charge in [0.25, 0.3) is 0 Å². The van der Waals surface area contributed by atoms with E-state index in [0.29, 0.717) is 5.73 Å². The molecule has 97 valence electrons. The van der Waals surface area contributed by atoms with Crippen molar-refractivity contribution in [3.8, 4) is 0 Å². The van der Waals surface area contributed by atoms with Crippen molar-refractivity contribution in [2.24, 2.45) is 0 Å². The van der Waals surface area contributed by atoms with Crippen LogP contribution in [0.15, 0.2) is 21.6 Å². The van der Waals surface area contributed by atoms with Gasteiger partial charge < -0.3 is 24.8 Å². The van der Waals surface area contributed by atoms with E-state index in [2.05, 4.69) is 52.6 Å². The minimum atomic E-state index is -0.691. The van der Waals surface area contributed by atoms with Gasteiger partial charge in [-0.15, -0.1) is 0 Å². The third-order valence-electron chi connectivity index (χ3n) is 2.73. The molecule has 1 aliphatic carbocycles. The molecule has 1 atom stereocenters. The van der Waals surface area contributed by atoms with Crippen LogP contribution < -0.4 is 24.8 Å². The summed E-state index contributed by atoms with van der Waals surface area (Å²) >= 11 is 2.24. The van der Waals surface area contributed by atoms with Crippen LogP contribution in [0.4, 0.5) is 0 Å². The van der Waals surface area contributed by atoms with E-state index in [0.717, 1.165) is 25.9 Å². The Morgan fingerprint density at radius 1 is 1.41 bits per heavy atom. The molecule has 0 saturated heterocycles. The third kappa shape index (κ3) is 7.19. The Morgan fingerprint density at radius 2 is 2.06 bits per heavy atom. The van der Waals surface area contributed by atoms with Crippen molar-refractivity contribution in [2.75, 3.05) is 6.61 Å². The van der Waals surface area contributed by atoms with Gasteiger partial charge in [0.15, 0.2) is 0 Å². The standard InChI is InChI=1S/C12H21OSi.2ClH.Ti/c1-4-9-13-12(14(2)3)10-11-7-5-6-8-11;;;/h5,7,12,14H,4,6,9-10H2,1-3H3;2*1H;/q;;;+2/p-2. The maximum absolute atomic E-state index is 5.96. The number of ether oxygens (including phenoxy) is 1. The van der Waals surface area contributed by atoms with Gasteiger partial charge >= 0.3 is 107 Å². The monoisotopic (exact) mass is 327 g/mol. The van der Waals surface area contributed by atoms with Crippen LogP contribution in [0.25, 0.3) is 0 Å². The summed E-state index contributed by atoms with van der Waals surface area (Å²) in [5, 5.41) is 0. The van der Waals surface area contributed by atoms with Crippen molar-refractivity contribution in [1.29, 1.82) is 0 Å². The summed E-state index contributed by atoms with van der Waals surface area (Å²) < 4.78 is 7.49. The van der Waals surface area contributed by atoms with Crippen molar-refractivity contribution < 1.29 is 50.0 Å². The molecule has 0 radical (unpaired) electrons. The fourth-order valence-electron chi connectivity index (χ4n) is 1.72. The molecule has 0 saturated carbocycles. The van der Waals surface area contributed by atoms with E-state index in [1.54, 1.807) is 0 Å². The Kier molecular flexibility index (Phi) is 12.9. The molecule has 17 heavy (non-hydrogen) atoms. The Hall–Kier alpha value is 0.951. The van der Waals surface area contributed by atoms with Crippen LogP contribution in [-0.4, -0.2) is 21.1 Å². The summed E-state index contributed by atoms with van der Waals surface area (Å²) in [6, 6.07) is 0. The second-order valence-electron chi connectivity index (χ2n) is 4.47. The van der Waals surface area contributed by atoms with E-state index in [1.807, 2.05) is 0 Å². The zero-order valence-corrected chi connectivity index (χ0v) is 15.0. The van der Waals surface area contributed by atoms with Crippen LogP contribution in [0.5, 0.6) is 0 Å². The number of halogens is 2. The van der Waals surface area contributed by atoms with Crippen molar-refractivity contribution in [2.45, 2.75) is 45.0 Å². The number of rotatable bonds is 6.